The Morgan fingerprint density at radius 1 is 0.966 bits per heavy atom. The molecule has 3 aromatic rings. The van der Waals surface area contributed by atoms with Gasteiger partial charge in [-0.2, -0.15) is 22.0 Å². The van der Waals surface area contributed by atoms with E-state index in [1.54, 1.807) is 18.0 Å². The maximum Gasteiger partial charge on any atom is 0.329 e. The molecular weight excluding hydrogens is 765 g/mol. The minimum absolute atomic E-state index is 0.00748. The van der Waals surface area contributed by atoms with Crippen molar-refractivity contribution in [2.75, 3.05) is 49.5 Å². The molecule has 1 aromatic carbocycles. The van der Waals surface area contributed by atoms with Gasteiger partial charge in [0.1, 0.15) is 11.9 Å². The Bertz CT molecular complexity index is 2340. The first-order chi connectivity index (χ1) is 27.9. The van der Waals surface area contributed by atoms with Crippen molar-refractivity contribution in [2.24, 2.45) is 13.0 Å². The third-order valence-corrected chi connectivity index (χ3v) is 15.6. The first-order valence-corrected chi connectivity index (χ1v) is 22.3. The zero-order valence-electron chi connectivity index (χ0n) is 33.2. The molecule has 6 heterocycles. The van der Waals surface area contributed by atoms with Gasteiger partial charge in [-0.05, 0) is 75.3 Å². The van der Waals surface area contributed by atoms with E-state index >= 15 is 0 Å². The molecule has 2 aliphatic carbocycles. The fraction of sp³-hybridized carbons (Fsp3) is 0.625. The number of benzene rings is 1. The topological polar surface area (TPSA) is 192 Å². The average Bonchev–Trinajstić information content (AvgIpc) is 3.78. The van der Waals surface area contributed by atoms with Gasteiger partial charge in [-0.3, -0.25) is 38.5 Å². The molecule has 3 unspecified atom stereocenters. The maximum atomic E-state index is 13.7. The molecule has 3 saturated heterocycles. The van der Waals surface area contributed by atoms with E-state index in [1.165, 1.54) is 17.7 Å². The number of aromatic nitrogens is 4. The van der Waals surface area contributed by atoms with Crippen LogP contribution in [0, 0.1) is 5.92 Å². The largest absolute Gasteiger partial charge is 0.351 e. The minimum Gasteiger partial charge on any atom is -0.351 e. The van der Waals surface area contributed by atoms with Crippen LogP contribution in [0.25, 0.3) is 11.0 Å². The first kappa shape index (κ1) is 38.8. The Labute approximate surface area is 337 Å². The Kier molecular flexibility index (Phi) is 9.94. The lowest BCUT2D eigenvalue weighted by Crippen LogP contribution is -2.55. The van der Waals surface area contributed by atoms with E-state index in [1.807, 2.05) is 23.2 Å². The molecule has 5 fully saturated rings. The number of nitrogens with one attached hydrogen (secondary N) is 2. The van der Waals surface area contributed by atoms with Crippen molar-refractivity contribution < 1.29 is 27.6 Å². The van der Waals surface area contributed by atoms with E-state index < -0.39 is 27.6 Å². The summed E-state index contributed by atoms with van der Waals surface area (Å²) < 4.78 is 33.4. The lowest BCUT2D eigenvalue weighted by molar-refractivity contribution is -0.136. The monoisotopic (exact) mass is 816 g/mol. The number of nitrogens with zero attached hydrogens (tertiary/aromatic N) is 8. The Morgan fingerprint density at radius 2 is 1.71 bits per heavy atom. The van der Waals surface area contributed by atoms with Crippen LogP contribution in [0.1, 0.15) is 94.7 Å². The molecular formula is C40H52N10O7S. The smallest absolute Gasteiger partial charge is 0.329 e. The predicted octanol–water partition coefficient (Wildman–Crippen LogP) is 1.96. The Morgan fingerprint density at radius 3 is 2.40 bits per heavy atom. The van der Waals surface area contributed by atoms with Crippen molar-refractivity contribution in [1.29, 1.82) is 0 Å². The van der Waals surface area contributed by atoms with Crippen molar-refractivity contribution in [2.45, 2.75) is 108 Å². The fourth-order valence-corrected chi connectivity index (χ4v) is 11.7. The van der Waals surface area contributed by atoms with Crippen LogP contribution in [0.4, 0.5) is 11.8 Å². The molecule has 2 saturated carbocycles. The summed E-state index contributed by atoms with van der Waals surface area (Å²) in [7, 11) is -2.05. The second-order valence-corrected chi connectivity index (χ2v) is 19.0. The Balaban J connectivity index is 0.760. The highest BCUT2D eigenvalue weighted by atomic mass is 32.2. The first-order valence-electron chi connectivity index (χ1n) is 20.9. The second-order valence-electron chi connectivity index (χ2n) is 17.1. The summed E-state index contributed by atoms with van der Waals surface area (Å²) in [6.07, 6.45) is 9.68. The highest BCUT2D eigenvalue weighted by molar-refractivity contribution is 7.86. The van der Waals surface area contributed by atoms with E-state index in [4.69, 9.17) is 4.98 Å². The molecule has 17 nitrogen and oxygen atoms in total. The number of hydrogen-bond donors (Lipinski definition) is 2. The number of rotatable bonds is 10. The van der Waals surface area contributed by atoms with Crippen LogP contribution >= 0.6 is 0 Å². The normalized spacial score (nSPS) is 25.5. The van der Waals surface area contributed by atoms with Crippen LogP contribution < -0.4 is 21.2 Å². The molecule has 18 heteroatoms. The van der Waals surface area contributed by atoms with Gasteiger partial charge in [0.05, 0.1) is 16.4 Å². The Hall–Kier alpha value is -4.68. The molecule has 3 atom stereocenters. The number of carbonyl (C=O) groups is 4. The number of para-hydroxylation sites is 1. The third kappa shape index (κ3) is 6.60. The lowest BCUT2D eigenvalue weighted by Gasteiger charge is -2.39. The van der Waals surface area contributed by atoms with E-state index in [9.17, 15) is 32.4 Å². The quantitative estimate of drug-likeness (QED) is 0.286. The number of piperazine rings is 1. The summed E-state index contributed by atoms with van der Waals surface area (Å²) in [6.45, 7) is 3.99. The molecule has 0 radical (unpaired) electrons. The third-order valence-electron chi connectivity index (χ3n) is 13.6. The van der Waals surface area contributed by atoms with Gasteiger partial charge in [-0.25, -0.2) is 9.78 Å². The number of amides is 4. The van der Waals surface area contributed by atoms with Gasteiger partial charge in [0.25, 0.3) is 10.2 Å². The molecule has 1 spiro atoms. The zero-order chi connectivity index (χ0) is 40.5. The number of carbonyl (C=O) groups excluding carboxylic acids is 4. The highest BCUT2D eigenvalue weighted by Gasteiger charge is 2.62. The van der Waals surface area contributed by atoms with Crippen LogP contribution in [-0.2, 0) is 48.3 Å². The number of hydrogen-bond acceptors (Lipinski definition) is 10. The summed E-state index contributed by atoms with van der Waals surface area (Å²) in [5.74, 6) is 0.966. The van der Waals surface area contributed by atoms with E-state index in [2.05, 4.69) is 22.5 Å². The van der Waals surface area contributed by atoms with Gasteiger partial charge in [-0.15, -0.1) is 0 Å². The van der Waals surface area contributed by atoms with Crippen LogP contribution in [0.3, 0.4) is 0 Å². The number of imidazole rings is 1. The van der Waals surface area contributed by atoms with Gasteiger partial charge in [0, 0.05) is 83.0 Å². The zero-order valence-corrected chi connectivity index (χ0v) is 34.0. The molecule has 2 aromatic heterocycles. The number of fused-ring (bicyclic) bond motifs is 3. The van der Waals surface area contributed by atoms with Crippen molar-refractivity contribution in [3.63, 3.8) is 0 Å². The summed E-state index contributed by atoms with van der Waals surface area (Å²) in [6, 6.07) is 4.94. The van der Waals surface area contributed by atoms with Crippen molar-refractivity contribution in [3.05, 3.63) is 46.0 Å². The average molecular weight is 817 g/mol. The van der Waals surface area contributed by atoms with E-state index in [0.717, 1.165) is 49.0 Å². The summed E-state index contributed by atoms with van der Waals surface area (Å²) in [5, 5.41) is 5.78. The van der Waals surface area contributed by atoms with Crippen LogP contribution in [0.5, 0.6) is 0 Å². The predicted molar refractivity (Wildman–Crippen MR) is 214 cm³/mol. The summed E-state index contributed by atoms with van der Waals surface area (Å²) >= 11 is 0. The van der Waals surface area contributed by atoms with Gasteiger partial charge in [0.2, 0.25) is 29.6 Å². The summed E-state index contributed by atoms with van der Waals surface area (Å²) in [5.41, 5.74) is 2.37. The van der Waals surface area contributed by atoms with Crippen molar-refractivity contribution >= 4 is 56.6 Å². The molecule has 2 N–H and O–H groups in total. The number of imide groups is 1. The molecule has 58 heavy (non-hydrogen) atoms. The van der Waals surface area contributed by atoms with Gasteiger partial charge >= 0.3 is 5.69 Å². The van der Waals surface area contributed by atoms with E-state index in [0.29, 0.717) is 74.8 Å². The van der Waals surface area contributed by atoms with E-state index in [-0.39, 0.29) is 67.8 Å². The lowest BCUT2D eigenvalue weighted by atomic mass is 10.0. The number of aryl methyl sites for hydroxylation is 2. The minimum atomic E-state index is -3.71. The van der Waals surface area contributed by atoms with Gasteiger partial charge in [0.15, 0.2) is 0 Å². The standard InChI is InChI=1S/C40H52N10O7S/c1-25-6-3-9-29(25)50-35-28(40(16-17-40)37(50)54)24-41-38(44-35)42-27-14-18-47(19-15-27)58(56,57)48-22-20-46(21-23-48)33(52)11-5-8-26-7-4-10-30-34(26)45(2)39(55)49(30)31-12-13-32(51)43-36(31)53/h4,7,10,24-25,27,29,31H,3,5-6,8-9,11-23H2,1-2H3,(H,41,42,44)(H,43,51,53). The van der Waals surface area contributed by atoms with Crippen LogP contribution in [0.15, 0.2) is 29.2 Å². The van der Waals surface area contributed by atoms with Crippen LogP contribution in [0.2, 0.25) is 0 Å². The van der Waals surface area contributed by atoms with Gasteiger partial charge in [-0.1, -0.05) is 25.5 Å². The molecule has 0 bridgehead atoms. The molecule has 9 rings (SSSR count). The summed E-state index contributed by atoms with van der Waals surface area (Å²) in [4.78, 5) is 77.7. The molecule has 4 aliphatic heterocycles. The maximum absolute atomic E-state index is 13.7. The molecule has 6 aliphatic rings. The highest BCUT2D eigenvalue weighted by Crippen LogP contribution is 2.58. The van der Waals surface area contributed by atoms with Crippen LogP contribution in [-0.4, -0.2) is 116 Å². The molecule has 310 valence electrons. The van der Waals surface area contributed by atoms with Crippen molar-refractivity contribution in [3.8, 4) is 0 Å². The van der Waals surface area contributed by atoms with Crippen molar-refractivity contribution in [1.82, 2.24) is 37.9 Å². The second kappa shape index (κ2) is 14.9. The van der Waals surface area contributed by atoms with Gasteiger partial charge < -0.3 is 10.2 Å². The number of anilines is 2. The fourth-order valence-electron chi connectivity index (χ4n) is 10.1. The molecule has 4 amide bonds. The number of piperidine rings is 2. The SMILES string of the molecule is CC1CCCC1N1C(=O)C2(CC2)c2cnc(NC3CCN(S(=O)(=O)N4CCN(C(=O)CCCc5cccc6c5n(C)c(=O)n6C5CCC(=O)NC5=O)CC4)CC3)nc21.